The molecule has 0 rings (SSSR count). The molecule has 0 amide bonds. The molecular weight excluding hydrogens is 308 g/mol. The van der Waals surface area contributed by atoms with E-state index in [0.29, 0.717) is 0 Å². The van der Waals surface area contributed by atoms with Crippen molar-refractivity contribution >= 4 is 12.1 Å². The fourth-order valence-corrected chi connectivity index (χ4v) is 1.51. The minimum absolute atomic E-state index is 0.230. The van der Waals surface area contributed by atoms with Gasteiger partial charge in [0.1, 0.15) is 5.60 Å². The lowest BCUT2D eigenvalue weighted by Gasteiger charge is -2.21. The molecule has 2 atom stereocenters. The predicted molar refractivity (Wildman–Crippen MR) is 79.6 cm³/mol. The lowest BCUT2D eigenvalue weighted by atomic mass is 10.0. The van der Waals surface area contributed by atoms with Gasteiger partial charge < -0.3 is 14.2 Å². The summed E-state index contributed by atoms with van der Waals surface area (Å²) in [5.74, 6) is -0.609. The molecule has 0 aromatic carbocycles. The van der Waals surface area contributed by atoms with Crippen LogP contribution in [-0.2, 0) is 33.8 Å². The van der Waals surface area contributed by atoms with Gasteiger partial charge in [0, 0.05) is 5.57 Å². The van der Waals surface area contributed by atoms with Crippen LogP contribution < -0.4 is 0 Å². The normalized spacial score (nSPS) is 13.8. The number of hydrogen-bond acceptors (Lipinski definition) is 8. The number of carbonyl (C=O) groups excluding carboxylic acids is 2. The van der Waals surface area contributed by atoms with Crippen LogP contribution in [0.15, 0.2) is 12.2 Å². The van der Waals surface area contributed by atoms with Gasteiger partial charge in [-0.3, -0.25) is 0 Å². The number of hydrogen-bond donors (Lipinski definition) is 0. The van der Waals surface area contributed by atoms with Crippen LogP contribution in [0.25, 0.3) is 0 Å². The SMILES string of the molecule is C=C(C)C(=O)OC(C)OC(C)OC(=O)OOOC(C)(C)CCC. The van der Waals surface area contributed by atoms with Crippen molar-refractivity contribution in [3.8, 4) is 0 Å². The molecule has 8 heteroatoms. The molecular formula is C15H26O8. The van der Waals surface area contributed by atoms with Crippen molar-refractivity contribution in [1.82, 2.24) is 0 Å². The molecule has 0 aliphatic heterocycles. The monoisotopic (exact) mass is 334 g/mol. The molecule has 0 fully saturated rings. The first kappa shape index (κ1) is 21.4. The first-order valence-corrected chi connectivity index (χ1v) is 7.32. The number of ether oxygens (including phenoxy) is 3. The first-order chi connectivity index (χ1) is 10.6. The van der Waals surface area contributed by atoms with Crippen LogP contribution in [0.3, 0.4) is 0 Å². The van der Waals surface area contributed by atoms with E-state index in [2.05, 4.69) is 16.5 Å². The molecule has 0 radical (unpaired) electrons. The Morgan fingerprint density at radius 3 is 2.22 bits per heavy atom. The Labute approximate surface area is 136 Å². The molecule has 0 bridgehead atoms. The van der Waals surface area contributed by atoms with Gasteiger partial charge in [0.15, 0.2) is 0 Å². The van der Waals surface area contributed by atoms with Crippen molar-refractivity contribution in [2.24, 2.45) is 0 Å². The molecule has 0 N–H and O–H groups in total. The van der Waals surface area contributed by atoms with Crippen molar-refractivity contribution in [3.63, 3.8) is 0 Å². The second-order valence-electron chi connectivity index (χ2n) is 5.57. The zero-order valence-corrected chi connectivity index (χ0v) is 14.5. The summed E-state index contributed by atoms with van der Waals surface area (Å²) < 4.78 is 14.7. The maximum atomic E-state index is 11.4. The summed E-state index contributed by atoms with van der Waals surface area (Å²) in [5.41, 5.74) is -0.365. The quantitative estimate of drug-likeness (QED) is 0.197. The van der Waals surface area contributed by atoms with Crippen molar-refractivity contribution < 1.29 is 38.6 Å². The molecule has 0 aliphatic rings. The van der Waals surface area contributed by atoms with E-state index in [0.717, 1.165) is 12.8 Å². The third-order valence-electron chi connectivity index (χ3n) is 2.48. The summed E-state index contributed by atoms with van der Waals surface area (Å²) in [7, 11) is 0. The van der Waals surface area contributed by atoms with Gasteiger partial charge in [-0.05, 0) is 46.1 Å². The smallest absolute Gasteiger partial charge is 0.433 e. The van der Waals surface area contributed by atoms with E-state index < -0.39 is 30.3 Å². The Hall–Kier alpha value is -1.64. The molecule has 0 aromatic heterocycles. The lowest BCUT2D eigenvalue weighted by Crippen LogP contribution is -2.28. The fourth-order valence-electron chi connectivity index (χ4n) is 1.51. The van der Waals surface area contributed by atoms with Crippen LogP contribution in [0.5, 0.6) is 0 Å². The number of rotatable bonds is 10. The Kier molecular flexibility index (Phi) is 9.47. The maximum Gasteiger partial charge on any atom is 0.544 e. The zero-order valence-electron chi connectivity index (χ0n) is 14.5. The van der Waals surface area contributed by atoms with Crippen LogP contribution in [-0.4, -0.2) is 30.3 Å². The number of esters is 1. The maximum absolute atomic E-state index is 11.4. The van der Waals surface area contributed by atoms with E-state index >= 15 is 0 Å². The van der Waals surface area contributed by atoms with Gasteiger partial charge in [0.25, 0.3) is 0 Å². The molecule has 134 valence electrons. The molecule has 0 spiro atoms. The highest BCUT2D eigenvalue weighted by molar-refractivity contribution is 5.86. The van der Waals surface area contributed by atoms with E-state index in [9.17, 15) is 9.59 Å². The summed E-state index contributed by atoms with van der Waals surface area (Å²) in [6.45, 7) is 13.4. The van der Waals surface area contributed by atoms with Crippen LogP contribution in [0.4, 0.5) is 4.79 Å². The van der Waals surface area contributed by atoms with E-state index in [1.807, 2.05) is 6.92 Å². The van der Waals surface area contributed by atoms with Gasteiger partial charge in [-0.2, -0.15) is 4.89 Å². The molecule has 0 aliphatic carbocycles. The highest BCUT2D eigenvalue weighted by Crippen LogP contribution is 2.17. The second kappa shape index (κ2) is 10.2. The van der Waals surface area contributed by atoms with Gasteiger partial charge >= 0.3 is 12.1 Å². The number of carbonyl (C=O) groups is 2. The Morgan fingerprint density at radius 1 is 1.13 bits per heavy atom. The van der Waals surface area contributed by atoms with Crippen molar-refractivity contribution in [2.45, 2.75) is 72.6 Å². The van der Waals surface area contributed by atoms with Crippen molar-refractivity contribution in [3.05, 3.63) is 12.2 Å². The third kappa shape index (κ3) is 10.7. The average molecular weight is 334 g/mol. The Bertz CT molecular complexity index is 404. The first-order valence-electron chi connectivity index (χ1n) is 7.32. The van der Waals surface area contributed by atoms with Crippen LogP contribution in [0.2, 0.25) is 0 Å². The molecule has 0 aromatic rings. The molecule has 23 heavy (non-hydrogen) atoms. The summed E-state index contributed by atoms with van der Waals surface area (Å²) in [6.07, 6.45) is -1.50. The topological polar surface area (TPSA) is 89.5 Å². The third-order valence-corrected chi connectivity index (χ3v) is 2.48. The summed E-state index contributed by atoms with van der Waals surface area (Å²) in [4.78, 5) is 31.9. The van der Waals surface area contributed by atoms with Crippen LogP contribution >= 0.6 is 0 Å². The molecule has 0 saturated carbocycles. The lowest BCUT2D eigenvalue weighted by molar-refractivity contribution is -0.518. The summed E-state index contributed by atoms with van der Waals surface area (Å²) in [5, 5.41) is 4.39. The van der Waals surface area contributed by atoms with Crippen molar-refractivity contribution in [1.29, 1.82) is 0 Å². The standard InChI is InChI=1S/C15H26O8/c1-8-9-15(6,7)22-23-21-14(17)20-12(5)18-11(4)19-13(16)10(2)3/h11-12H,2,8-9H2,1,3-7H3. The largest absolute Gasteiger partial charge is 0.544 e. The molecule has 2 unspecified atom stereocenters. The zero-order chi connectivity index (χ0) is 18.0. The van der Waals surface area contributed by atoms with E-state index in [1.54, 1.807) is 13.8 Å². The van der Waals surface area contributed by atoms with Crippen molar-refractivity contribution in [2.75, 3.05) is 0 Å². The van der Waals surface area contributed by atoms with Crippen LogP contribution in [0.1, 0.15) is 54.4 Å². The van der Waals surface area contributed by atoms with E-state index in [-0.39, 0.29) is 5.57 Å². The second-order valence-corrected chi connectivity index (χ2v) is 5.57. The molecule has 0 saturated heterocycles. The van der Waals surface area contributed by atoms with Crippen LogP contribution in [0, 0.1) is 0 Å². The van der Waals surface area contributed by atoms with Gasteiger partial charge in [-0.15, -0.1) is 0 Å². The van der Waals surface area contributed by atoms with E-state index in [1.165, 1.54) is 20.8 Å². The van der Waals surface area contributed by atoms with E-state index in [4.69, 9.17) is 19.1 Å². The summed E-state index contributed by atoms with van der Waals surface area (Å²) in [6, 6.07) is 0. The minimum atomic E-state index is -1.15. The highest BCUT2D eigenvalue weighted by atomic mass is 17.5. The Balaban J connectivity index is 4.02. The van der Waals surface area contributed by atoms with Gasteiger partial charge in [-0.1, -0.05) is 19.9 Å². The van der Waals surface area contributed by atoms with Gasteiger partial charge in [0.05, 0.1) is 0 Å². The van der Waals surface area contributed by atoms with Gasteiger partial charge in [-0.25, -0.2) is 14.5 Å². The molecule has 8 nitrogen and oxygen atoms in total. The van der Waals surface area contributed by atoms with Gasteiger partial charge in [0.2, 0.25) is 12.6 Å². The Morgan fingerprint density at radius 2 is 1.70 bits per heavy atom. The minimum Gasteiger partial charge on any atom is -0.433 e. The average Bonchev–Trinajstić information content (AvgIpc) is 2.37. The fraction of sp³-hybridized carbons (Fsp3) is 0.733. The summed E-state index contributed by atoms with van der Waals surface area (Å²) >= 11 is 0. The predicted octanol–water partition coefficient (Wildman–Crippen LogP) is 3.41. The highest BCUT2D eigenvalue weighted by Gasteiger charge is 2.22. The molecule has 0 heterocycles.